The van der Waals surface area contributed by atoms with Gasteiger partial charge in [-0.05, 0) is 35.8 Å². The third kappa shape index (κ3) is 3.45. The van der Waals surface area contributed by atoms with Gasteiger partial charge in [0.15, 0.2) is 0 Å². The van der Waals surface area contributed by atoms with Gasteiger partial charge in [0.05, 0.1) is 18.3 Å². The number of amides is 1. The van der Waals surface area contributed by atoms with E-state index in [1.54, 1.807) is 6.20 Å². The van der Waals surface area contributed by atoms with E-state index in [1.807, 2.05) is 24.8 Å². The molecular weight excluding hydrogens is 310 g/mol. The number of hydrogen-bond donors (Lipinski definition) is 1. The fraction of sp³-hybridized carbons (Fsp3) is 0.538. The Labute approximate surface area is 121 Å². The number of halogens is 1. The molecule has 1 fully saturated rings. The number of rotatable bonds is 3. The Morgan fingerprint density at radius 1 is 1.68 bits per heavy atom. The van der Waals surface area contributed by atoms with Gasteiger partial charge in [0.1, 0.15) is 5.82 Å². The van der Waals surface area contributed by atoms with Gasteiger partial charge in [0.2, 0.25) is 0 Å². The van der Waals surface area contributed by atoms with Crippen molar-refractivity contribution in [3.63, 3.8) is 0 Å². The molecule has 6 heteroatoms. The van der Waals surface area contributed by atoms with Crippen LogP contribution in [0.2, 0.25) is 0 Å². The molecule has 5 nitrogen and oxygen atoms in total. The fourth-order valence-electron chi connectivity index (χ4n) is 2.08. The molecule has 1 amide bonds. The van der Waals surface area contributed by atoms with E-state index in [4.69, 9.17) is 4.74 Å². The maximum Gasteiger partial charge on any atom is 0.257 e. The standard InChI is InChI=1S/C13H18BrN3O2/c1-3-15-12-11(6-10(14)7-16-12)13(18)17-4-5-19-9(2)8-17/h6-7,9H,3-5,8H2,1-2H3,(H,15,16). The second kappa shape index (κ2) is 6.34. The van der Waals surface area contributed by atoms with Gasteiger partial charge in [-0.2, -0.15) is 0 Å². The summed E-state index contributed by atoms with van der Waals surface area (Å²) in [5.74, 6) is 0.634. The molecular formula is C13H18BrN3O2. The average Bonchev–Trinajstić information content (AvgIpc) is 2.40. The number of anilines is 1. The molecule has 0 bridgehead atoms. The second-order valence-corrected chi connectivity index (χ2v) is 5.43. The van der Waals surface area contributed by atoms with Gasteiger partial charge in [0, 0.05) is 30.3 Å². The molecule has 0 radical (unpaired) electrons. The summed E-state index contributed by atoms with van der Waals surface area (Å²) in [6, 6.07) is 1.81. The van der Waals surface area contributed by atoms with E-state index >= 15 is 0 Å². The molecule has 1 N–H and O–H groups in total. The minimum atomic E-state index is -0.0000926. The molecule has 1 aliphatic heterocycles. The maximum atomic E-state index is 12.6. The van der Waals surface area contributed by atoms with Crippen molar-refractivity contribution in [3.8, 4) is 0 Å². The zero-order valence-corrected chi connectivity index (χ0v) is 12.7. The quantitative estimate of drug-likeness (QED) is 0.924. The van der Waals surface area contributed by atoms with Crippen LogP contribution in [0.5, 0.6) is 0 Å². The monoisotopic (exact) mass is 327 g/mol. The summed E-state index contributed by atoms with van der Waals surface area (Å²) in [5.41, 5.74) is 0.602. The molecule has 104 valence electrons. The van der Waals surface area contributed by atoms with Gasteiger partial charge in [-0.25, -0.2) is 4.98 Å². The first-order valence-electron chi connectivity index (χ1n) is 6.42. The van der Waals surface area contributed by atoms with Crippen molar-refractivity contribution in [2.24, 2.45) is 0 Å². The van der Waals surface area contributed by atoms with Crippen LogP contribution in [-0.2, 0) is 4.74 Å². The van der Waals surface area contributed by atoms with Crippen LogP contribution in [0.1, 0.15) is 24.2 Å². The minimum Gasteiger partial charge on any atom is -0.375 e. The van der Waals surface area contributed by atoms with Crippen molar-refractivity contribution in [2.75, 3.05) is 31.6 Å². The van der Waals surface area contributed by atoms with Crippen molar-refractivity contribution in [1.29, 1.82) is 0 Å². The summed E-state index contributed by atoms with van der Waals surface area (Å²) in [7, 11) is 0. The Kier molecular flexibility index (Phi) is 4.76. The summed E-state index contributed by atoms with van der Waals surface area (Å²) < 4.78 is 6.27. The maximum absolute atomic E-state index is 12.6. The molecule has 1 aromatic heterocycles. The molecule has 1 aromatic rings. The van der Waals surface area contributed by atoms with Gasteiger partial charge in [-0.1, -0.05) is 0 Å². The highest BCUT2D eigenvalue weighted by Crippen LogP contribution is 2.21. The first-order valence-corrected chi connectivity index (χ1v) is 7.21. The first kappa shape index (κ1) is 14.3. The summed E-state index contributed by atoms with van der Waals surface area (Å²) in [6.45, 7) is 6.52. The third-order valence-corrected chi connectivity index (χ3v) is 3.39. The van der Waals surface area contributed by atoms with E-state index in [9.17, 15) is 4.79 Å². The first-order chi connectivity index (χ1) is 9.11. The van der Waals surface area contributed by atoms with Crippen LogP contribution in [0.4, 0.5) is 5.82 Å². The molecule has 2 heterocycles. The Hall–Kier alpha value is -1.14. The van der Waals surface area contributed by atoms with Gasteiger partial charge < -0.3 is 15.0 Å². The number of pyridine rings is 1. The van der Waals surface area contributed by atoms with Crippen LogP contribution < -0.4 is 5.32 Å². The third-order valence-electron chi connectivity index (χ3n) is 2.96. The number of carbonyl (C=O) groups is 1. The molecule has 2 rings (SSSR count). The predicted octanol–water partition coefficient (Wildman–Crippen LogP) is 2.14. The molecule has 0 aliphatic carbocycles. The molecule has 19 heavy (non-hydrogen) atoms. The second-order valence-electron chi connectivity index (χ2n) is 4.51. The van der Waals surface area contributed by atoms with Crippen molar-refractivity contribution in [2.45, 2.75) is 20.0 Å². The highest BCUT2D eigenvalue weighted by molar-refractivity contribution is 9.10. The molecule has 0 aromatic carbocycles. The highest BCUT2D eigenvalue weighted by Gasteiger charge is 2.24. The number of hydrogen-bond acceptors (Lipinski definition) is 4. The largest absolute Gasteiger partial charge is 0.375 e. The van der Waals surface area contributed by atoms with E-state index in [1.165, 1.54) is 0 Å². The van der Waals surface area contributed by atoms with Gasteiger partial charge in [-0.15, -0.1) is 0 Å². The van der Waals surface area contributed by atoms with Crippen molar-refractivity contribution < 1.29 is 9.53 Å². The van der Waals surface area contributed by atoms with Crippen molar-refractivity contribution >= 4 is 27.7 Å². The number of nitrogens with zero attached hydrogens (tertiary/aromatic N) is 2. The molecule has 1 atom stereocenters. The molecule has 1 saturated heterocycles. The number of carbonyl (C=O) groups excluding carboxylic acids is 1. The van der Waals surface area contributed by atoms with Crippen LogP contribution in [0, 0.1) is 0 Å². The Bertz CT molecular complexity index is 467. The van der Waals surface area contributed by atoms with Gasteiger partial charge >= 0.3 is 0 Å². The number of morpholine rings is 1. The normalized spacial score (nSPS) is 19.3. The van der Waals surface area contributed by atoms with Crippen molar-refractivity contribution in [3.05, 3.63) is 22.3 Å². The van der Waals surface area contributed by atoms with Gasteiger partial charge in [-0.3, -0.25) is 4.79 Å². The number of aromatic nitrogens is 1. The lowest BCUT2D eigenvalue weighted by Crippen LogP contribution is -2.44. The van der Waals surface area contributed by atoms with E-state index in [0.29, 0.717) is 31.1 Å². The molecule has 1 unspecified atom stereocenters. The summed E-state index contributed by atoms with van der Waals surface area (Å²) in [5, 5.41) is 3.12. The van der Waals surface area contributed by atoms with Gasteiger partial charge in [0.25, 0.3) is 5.91 Å². The van der Waals surface area contributed by atoms with Crippen LogP contribution in [0.25, 0.3) is 0 Å². The van der Waals surface area contributed by atoms with Crippen LogP contribution >= 0.6 is 15.9 Å². The summed E-state index contributed by atoms with van der Waals surface area (Å²) in [6.07, 6.45) is 1.77. The topological polar surface area (TPSA) is 54.5 Å². The Balaban J connectivity index is 2.24. The lowest BCUT2D eigenvalue weighted by atomic mass is 10.2. The summed E-state index contributed by atoms with van der Waals surface area (Å²) >= 11 is 3.37. The van der Waals surface area contributed by atoms with E-state index in [-0.39, 0.29) is 12.0 Å². The summed E-state index contributed by atoms with van der Waals surface area (Å²) in [4.78, 5) is 18.6. The lowest BCUT2D eigenvalue weighted by molar-refractivity contribution is -0.0124. The fourth-order valence-corrected chi connectivity index (χ4v) is 2.42. The van der Waals surface area contributed by atoms with E-state index in [2.05, 4.69) is 26.2 Å². The lowest BCUT2D eigenvalue weighted by Gasteiger charge is -2.31. The van der Waals surface area contributed by atoms with Crippen molar-refractivity contribution in [1.82, 2.24) is 9.88 Å². The zero-order valence-electron chi connectivity index (χ0n) is 11.1. The zero-order chi connectivity index (χ0) is 13.8. The molecule has 0 spiro atoms. The average molecular weight is 328 g/mol. The number of nitrogens with one attached hydrogen (secondary N) is 1. The minimum absolute atomic E-state index is 0.0000926. The SMILES string of the molecule is CCNc1ncc(Br)cc1C(=O)N1CCOC(C)C1. The predicted molar refractivity (Wildman–Crippen MR) is 77.4 cm³/mol. The highest BCUT2D eigenvalue weighted by atomic mass is 79.9. The Morgan fingerprint density at radius 2 is 2.47 bits per heavy atom. The van der Waals surface area contributed by atoms with E-state index in [0.717, 1.165) is 11.0 Å². The molecule has 0 saturated carbocycles. The van der Waals surface area contributed by atoms with Crippen LogP contribution in [0.15, 0.2) is 16.7 Å². The number of ether oxygens (including phenoxy) is 1. The smallest absolute Gasteiger partial charge is 0.257 e. The van der Waals surface area contributed by atoms with E-state index < -0.39 is 0 Å². The molecule has 1 aliphatic rings. The van der Waals surface area contributed by atoms with Crippen LogP contribution in [0.3, 0.4) is 0 Å². The Morgan fingerprint density at radius 3 is 3.16 bits per heavy atom. The van der Waals surface area contributed by atoms with Crippen LogP contribution in [-0.4, -0.2) is 48.1 Å².